The number of furan rings is 2. The topological polar surface area (TPSA) is 69.9 Å². The van der Waals surface area contributed by atoms with Gasteiger partial charge in [-0.3, -0.25) is 0 Å². The molecule has 0 atom stereocenters. The fraction of sp³-hybridized carbons (Fsp3) is 0. The molecular weight excluding hydrogens is 901 g/mol. The highest BCUT2D eigenvalue weighted by molar-refractivity contribution is 7.25. The van der Waals surface area contributed by atoms with E-state index < -0.39 is 0 Å². The Bertz CT molecular complexity index is 4730. The first kappa shape index (κ1) is 39.4. The summed E-state index contributed by atoms with van der Waals surface area (Å²) in [5.41, 5.74) is 11.2. The zero-order valence-corrected chi connectivity index (χ0v) is 39.1. The zero-order valence-electron chi connectivity index (χ0n) is 38.3. The third-order valence-electron chi connectivity index (χ3n) is 14.6. The van der Waals surface area contributed by atoms with Gasteiger partial charge in [0.15, 0.2) is 17.5 Å². The molecule has 0 aliphatic heterocycles. The van der Waals surface area contributed by atoms with Crippen molar-refractivity contribution in [2.75, 3.05) is 0 Å². The zero-order chi connectivity index (χ0) is 47.0. The van der Waals surface area contributed by atoms with Gasteiger partial charge in [0.05, 0.1) is 11.0 Å². The summed E-state index contributed by atoms with van der Waals surface area (Å²) in [6.07, 6.45) is 0. The van der Waals surface area contributed by atoms with Crippen LogP contribution >= 0.6 is 11.3 Å². The normalized spacial score (nSPS) is 12.2. The molecule has 0 radical (unpaired) electrons. The highest BCUT2D eigenvalue weighted by atomic mass is 32.1. The minimum Gasteiger partial charge on any atom is -0.456 e. The molecule has 0 bridgehead atoms. The van der Waals surface area contributed by atoms with Crippen LogP contribution < -0.4 is 0 Å². The van der Waals surface area contributed by atoms with Crippen LogP contribution in [0, 0.1) is 0 Å². The molecule has 0 saturated heterocycles. The van der Waals surface area contributed by atoms with E-state index in [9.17, 15) is 0 Å². The van der Waals surface area contributed by atoms with Crippen LogP contribution in [0.25, 0.3) is 158 Å². The highest BCUT2D eigenvalue weighted by Crippen LogP contribution is 2.44. The number of para-hydroxylation sites is 2. The van der Waals surface area contributed by atoms with Crippen LogP contribution in [0.2, 0.25) is 0 Å². The van der Waals surface area contributed by atoms with Gasteiger partial charge in [-0.15, -0.1) is 11.3 Å². The molecule has 0 aliphatic carbocycles. The Morgan fingerprint density at radius 3 is 1.40 bits per heavy atom. The average molecular weight is 937 g/mol. The summed E-state index contributed by atoms with van der Waals surface area (Å²) >= 11 is 1.82. The number of thiophene rings is 1. The van der Waals surface area contributed by atoms with Crippen molar-refractivity contribution in [3.8, 4) is 51.0 Å². The van der Waals surface area contributed by atoms with E-state index in [4.69, 9.17) is 23.8 Å². The van der Waals surface area contributed by atoms with Gasteiger partial charge in [0.2, 0.25) is 0 Å². The molecule has 0 fully saturated rings. The van der Waals surface area contributed by atoms with Gasteiger partial charge in [0.1, 0.15) is 22.3 Å². The standard InChI is InChI=1S/C65H36N4O2S/c1-3-15-39-33-53-51(31-37(39)13-1)52-32-38-14-2-4-16-40(38)34-54(52)69(53)42-28-30-45(50(36-42)41-27-29-44-43-17-7-10-26-59(43)72-60(44)35-41)63-66-64(48-20-11-24-57-61(48)46-18-5-8-22-55(46)70-57)68-65(67-63)49-21-12-25-58-62(49)47-19-6-9-23-56(47)71-58/h1-36H. The van der Waals surface area contributed by atoms with Gasteiger partial charge in [0.25, 0.3) is 0 Å². The first-order valence-electron chi connectivity index (χ1n) is 24.1. The van der Waals surface area contributed by atoms with Crippen LogP contribution in [0.3, 0.4) is 0 Å². The Hall–Kier alpha value is -9.43. The molecular formula is C65H36N4O2S. The Morgan fingerprint density at radius 2 is 0.806 bits per heavy atom. The van der Waals surface area contributed by atoms with Crippen molar-refractivity contribution in [2.24, 2.45) is 0 Å². The van der Waals surface area contributed by atoms with Crippen molar-refractivity contribution >= 4 is 119 Å². The molecule has 0 amide bonds. The molecule has 0 saturated carbocycles. The predicted octanol–water partition coefficient (Wildman–Crippen LogP) is 18.1. The molecule has 16 rings (SSSR count). The van der Waals surface area contributed by atoms with Crippen molar-refractivity contribution in [1.82, 2.24) is 19.5 Å². The Kier molecular flexibility index (Phi) is 8.23. The molecule has 16 aromatic rings. The first-order valence-corrected chi connectivity index (χ1v) is 25.0. The van der Waals surface area contributed by atoms with Gasteiger partial charge in [-0.1, -0.05) is 140 Å². The number of nitrogens with zero attached hydrogens (tertiary/aromatic N) is 4. The van der Waals surface area contributed by atoms with Crippen LogP contribution in [0.1, 0.15) is 0 Å². The molecule has 334 valence electrons. The summed E-state index contributed by atoms with van der Waals surface area (Å²) in [6.45, 7) is 0. The number of aromatic nitrogens is 4. The lowest BCUT2D eigenvalue weighted by molar-refractivity contribution is 0.668. The maximum Gasteiger partial charge on any atom is 0.164 e. The third kappa shape index (κ3) is 5.86. The second-order valence-corrected chi connectivity index (χ2v) is 19.8. The van der Waals surface area contributed by atoms with Gasteiger partial charge >= 0.3 is 0 Å². The predicted molar refractivity (Wildman–Crippen MR) is 298 cm³/mol. The maximum absolute atomic E-state index is 6.45. The molecule has 0 spiro atoms. The van der Waals surface area contributed by atoms with Crippen molar-refractivity contribution < 1.29 is 8.83 Å². The molecule has 6 nitrogen and oxygen atoms in total. The van der Waals surface area contributed by atoms with Crippen LogP contribution in [0.4, 0.5) is 0 Å². The monoisotopic (exact) mass is 936 g/mol. The summed E-state index contributed by atoms with van der Waals surface area (Å²) in [6, 6.07) is 77.6. The molecule has 5 heterocycles. The van der Waals surface area contributed by atoms with E-state index in [1.807, 2.05) is 72.0 Å². The number of hydrogen-bond donors (Lipinski definition) is 0. The van der Waals surface area contributed by atoms with Gasteiger partial charge < -0.3 is 13.4 Å². The van der Waals surface area contributed by atoms with E-state index in [0.29, 0.717) is 17.5 Å². The second kappa shape index (κ2) is 15.0. The number of rotatable bonds is 5. The van der Waals surface area contributed by atoms with Crippen molar-refractivity contribution in [3.63, 3.8) is 0 Å². The average Bonchev–Trinajstić information content (AvgIpc) is 4.20. The summed E-state index contributed by atoms with van der Waals surface area (Å²) in [4.78, 5) is 16.4. The molecule has 72 heavy (non-hydrogen) atoms. The summed E-state index contributed by atoms with van der Waals surface area (Å²) < 4.78 is 17.8. The quantitative estimate of drug-likeness (QED) is 0.172. The summed E-state index contributed by atoms with van der Waals surface area (Å²) in [5, 5.41) is 13.6. The van der Waals surface area contributed by atoms with Crippen LogP contribution in [-0.2, 0) is 0 Å². The van der Waals surface area contributed by atoms with E-state index in [2.05, 4.69) is 162 Å². The van der Waals surface area contributed by atoms with Gasteiger partial charge in [0, 0.05) is 74.9 Å². The first-order chi connectivity index (χ1) is 35.6. The lowest BCUT2D eigenvalue weighted by Gasteiger charge is -2.16. The minimum absolute atomic E-state index is 0.549. The van der Waals surface area contributed by atoms with E-state index in [0.717, 1.165) is 88.4 Å². The Labute approximate surface area is 414 Å². The Balaban J connectivity index is 1.01. The van der Waals surface area contributed by atoms with Crippen LogP contribution in [-0.4, -0.2) is 19.5 Å². The third-order valence-corrected chi connectivity index (χ3v) is 15.7. The maximum atomic E-state index is 6.45. The van der Waals surface area contributed by atoms with Crippen LogP contribution in [0.15, 0.2) is 227 Å². The SMILES string of the molecule is c1ccc2cc3c(cc2c1)c1cc2ccccc2cc1n3-c1ccc(-c2nc(-c3cccc4oc5ccccc5c34)nc(-c3cccc4oc5ccccc5c34)n2)c(-c2ccc3c(c2)sc2ccccc23)c1. The van der Waals surface area contributed by atoms with E-state index >= 15 is 0 Å². The molecule has 11 aromatic carbocycles. The number of hydrogen-bond acceptors (Lipinski definition) is 6. The van der Waals surface area contributed by atoms with E-state index in [-0.39, 0.29) is 0 Å². The summed E-state index contributed by atoms with van der Waals surface area (Å²) in [7, 11) is 0. The molecule has 0 unspecified atom stereocenters. The smallest absolute Gasteiger partial charge is 0.164 e. The fourth-order valence-corrected chi connectivity index (χ4v) is 12.5. The van der Waals surface area contributed by atoms with Crippen molar-refractivity contribution in [1.29, 1.82) is 0 Å². The fourth-order valence-electron chi connectivity index (χ4n) is 11.3. The molecule has 7 heteroatoms. The summed E-state index contributed by atoms with van der Waals surface area (Å²) in [5.74, 6) is 1.66. The number of fused-ring (bicyclic) bond motifs is 14. The lowest BCUT2D eigenvalue weighted by Crippen LogP contribution is -2.02. The molecule has 0 aliphatic rings. The molecule has 5 aromatic heterocycles. The largest absolute Gasteiger partial charge is 0.456 e. The molecule has 0 N–H and O–H groups in total. The number of benzene rings is 11. The van der Waals surface area contributed by atoms with Gasteiger partial charge in [-0.25, -0.2) is 15.0 Å². The minimum atomic E-state index is 0.549. The van der Waals surface area contributed by atoms with E-state index in [1.165, 1.54) is 52.5 Å². The van der Waals surface area contributed by atoms with Gasteiger partial charge in [-0.2, -0.15) is 0 Å². The van der Waals surface area contributed by atoms with Crippen LogP contribution in [0.5, 0.6) is 0 Å². The van der Waals surface area contributed by atoms with E-state index in [1.54, 1.807) is 0 Å². The highest BCUT2D eigenvalue weighted by Gasteiger charge is 2.24. The second-order valence-electron chi connectivity index (χ2n) is 18.7. The van der Waals surface area contributed by atoms with Crippen molar-refractivity contribution in [2.45, 2.75) is 0 Å². The van der Waals surface area contributed by atoms with Crippen molar-refractivity contribution in [3.05, 3.63) is 218 Å². The van der Waals surface area contributed by atoms with Gasteiger partial charge in [-0.05, 0) is 112 Å². The Morgan fingerprint density at radius 1 is 0.319 bits per heavy atom. The lowest BCUT2D eigenvalue weighted by atomic mass is 9.96.